The second-order valence-corrected chi connectivity index (χ2v) is 6.41. The second kappa shape index (κ2) is 8.22. The van der Waals surface area contributed by atoms with Gasteiger partial charge in [0.2, 0.25) is 0 Å². The molecule has 30 heavy (non-hydrogen) atoms. The van der Waals surface area contributed by atoms with Crippen molar-refractivity contribution in [3.05, 3.63) is 78.1 Å². The van der Waals surface area contributed by atoms with E-state index in [0.29, 0.717) is 39.6 Å². The van der Waals surface area contributed by atoms with Crippen LogP contribution in [-0.2, 0) is 6.61 Å². The predicted octanol–water partition coefficient (Wildman–Crippen LogP) is 3.27. The SMILES string of the molecule is COc1cc(C(=O)c2cc(-c3ccco3)ccc2-n2cncn2)cc(CO)c1OC. The summed E-state index contributed by atoms with van der Waals surface area (Å²) in [7, 11) is 2.96. The molecule has 0 aliphatic rings. The summed E-state index contributed by atoms with van der Waals surface area (Å²) < 4.78 is 17.7. The van der Waals surface area contributed by atoms with Gasteiger partial charge in [-0.25, -0.2) is 9.67 Å². The van der Waals surface area contributed by atoms with E-state index in [9.17, 15) is 9.90 Å². The van der Waals surface area contributed by atoms with Gasteiger partial charge in [-0.1, -0.05) is 0 Å². The number of rotatable bonds is 7. The average molecular weight is 405 g/mol. The lowest BCUT2D eigenvalue weighted by molar-refractivity contribution is 0.103. The van der Waals surface area contributed by atoms with Gasteiger partial charge in [0.15, 0.2) is 17.3 Å². The smallest absolute Gasteiger partial charge is 0.195 e. The van der Waals surface area contributed by atoms with Crippen molar-refractivity contribution in [3.63, 3.8) is 0 Å². The van der Waals surface area contributed by atoms with Crippen LogP contribution in [0.2, 0.25) is 0 Å². The molecule has 0 aliphatic heterocycles. The number of aliphatic hydroxyl groups excluding tert-OH is 1. The number of ketones is 1. The van der Waals surface area contributed by atoms with Crippen LogP contribution in [0.3, 0.4) is 0 Å². The zero-order valence-electron chi connectivity index (χ0n) is 16.4. The number of aromatic nitrogens is 3. The first-order valence-corrected chi connectivity index (χ1v) is 9.09. The minimum atomic E-state index is -0.303. The third-order valence-corrected chi connectivity index (χ3v) is 4.70. The van der Waals surface area contributed by atoms with Crippen molar-refractivity contribution in [2.45, 2.75) is 6.61 Å². The normalized spacial score (nSPS) is 10.8. The Hall–Kier alpha value is -3.91. The van der Waals surface area contributed by atoms with Gasteiger partial charge in [0, 0.05) is 22.3 Å². The van der Waals surface area contributed by atoms with Crippen LogP contribution >= 0.6 is 0 Å². The highest BCUT2D eigenvalue weighted by atomic mass is 16.5. The summed E-state index contributed by atoms with van der Waals surface area (Å²) in [5.74, 6) is 1.11. The molecule has 2 aromatic carbocycles. The fourth-order valence-electron chi connectivity index (χ4n) is 3.29. The largest absolute Gasteiger partial charge is 0.493 e. The van der Waals surface area contributed by atoms with Gasteiger partial charge in [-0.05, 0) is 42.5 Å². The van der Waals surface area contributed by atoms with Gasteiger partial charge >= 0.3 is 0 Å². The highest BCUT2D eigenvalue weighted by molar-refractivity contribution is 6.12. The van der Waals surface area contributed by atoms with E-state index in [0.717, 1.165) is 5.56 Å². The molecule has 0 amide bonds. The minimum absolute atomic E-state index is 0.274. The summed E-state index contributed by atoms with van der Waals surface area (Å²) >= 11 is 0. The maximum Gasteiger partial charge on any atom is 0.195 e. The van der Waals surface area contributed by atoms with Gasteiger partial charge in [-0.2, -0.15) is 5.10 Å². The highest BCUT2D eigenvalue weighted by Gasteiger charge is 2.21. The van der Waals surface area contributed by atoms with Crippen LogP contribution in [0.5, 0.6) is 11.5 Å². The van der Waals surface area contributed by atoms with Crippen molar-refractivity contribution in [2.24, 2.45) is 0 Å². The van der Waals surface area contributed by atoms with Crippen LogP contribution in [-0.4, -0.2) is 39.9 Å². The van der Waals surface area contributed by atoms with Crippen LogP contribution in [0, 0.1) is 0 Å². The lowest BCUT2D eigenvalue weighted by Crippen LogP contribution is -2.10. The van der Waals surface area contributed by atoms with Gasteiger partial charge < -0.3 is 19.0 Å². The zero-order valence-corrected chi connectivity index (χ0v) is 16.4. The van der Waals surface area contributed by atoms with E-state index in [1.807, 2.05) is 12.1 Å². The highest BCUT2D eigenvalue weighted by Crippen LogP contribution is 2.34. The Morgan fingerprint density at radius 1 is 1.17 bits per heavy atom. The Labute approximate surface area is 172 Å². The number of ether oxygens (including phenoxy) is 2. The summed E-state index contributed by atoms with van der Waals surface area (Å²) in [4.78, 5) is 17.5. The lowest BCUT2D eigenvalue weighted by Gasteiger charge is -2.15. The average Bonchev–Trinajstić information content (AvgIpc) is 3.51. The number of hydrogen-bond acceptors (Lipinski definition) is 7. The van der Waals surface area contributed by atoms with E-state index in [1.165, 1.54) is 31.6 Å². The number of aliphatic hydroxyl groups is 1. The summed E-state index contributed by atoms with van der Waals surface area (Å²) in [6.07, 6.45) is 4.49. The number of hydrogen-bond donors (Lipinski definition) is 1. The first-order chi connectivity index (χ1) is 14.7. The van der Waals surface area contributed by atoms with E-state index in [2.05, 4.69) is 10.1 Å². The van der Waals surface area contributed by atoms with Crippen molar-refractivity contribution in [1.29, 1.82) is 0 Å². The Bertz CT molecular complexity index is 1140. The van der Waals surface area contributed by atoms with Crippen molar-refractivity contribution in [3.8, 4) is 28.5 Å². The maximum absolute atomic E-state index is 13.5. The summed E-state index contributed by atoms with van der Waals surface area (Å²) in [5, 5.41) is 13.9. The van der Waals surface area contributed by atoms with E-state index < -0.39 is 0 Å². The molecular formula is C22H19N3O5. The number of benzene rings is 2. The van der Waals surface area contributed by atoms with Gasteiger partial charge in [-0.3, -0.25) is 4.79 Å². The molecule has 0 fully saturated rings. The van der Waals surface area contributed by atoms with Crippen molar-refractivity contribution in [1.82, 2.24) is 14.8 Å². The van der Waals surface area contributed by atoms with Crippen LogP contribution in [0.1, 0.15) is 21.5 Å². The summed E-state index contributed by atoms with van der Waals surface area (Å²) in [6.45, 7) is -0.303. The van der Waals surface area contributed by atoms with Crippen molar-refractivity contribution >= 4 is 5.78 Å². The molecule has 0 atom stereocenters. The Balaban J connectivity index is 1.88. The fourth-order valence-corrected chi connectivity index (χ4v) is 3.29. The summed E-state index contributed by atoms with van der Waals surface area (Å²) in [5.41, 5.74) is 2.49. The zero-order chi connectivity index (χ0) is 21.1. The van der Waals surface area contributed by atoms with E-state index in [4.69, 9.17) is 13.9 Å². The van der Waals surface area contributed by atoms with Crippen LogP contribution in [0.4, 0.5) is 0 Å². The topological polar surface area (TPSA) is 99.6 Å². The molecule has 4 aromatic rings. The molecule has 2 heterocycles. The lowest BCUT2D eigenvalue weighted by atomic mass is 9.96. The molecule has 0 unspecified atom stereocenters. The number of methoxy groups -OCH3 is 2. The molecule has 4 rings (SSSR count). The number of furan rings is 1. The Kier molecular flexibility index (Phi) is 5.32. The van der Waals surface area contributed by atoms with Gasteiger partial charge in [0.05, 0.1) is 32.8 Å². The third kappa shape index (κ3) is 3.44. The molecule has 0 radical (unpaired) electrons. The molecule has 1 N–H and O–H groups in total. The van der Waals surface area contributed by atoms with Gasteiger partial charge in [0.1, 0.15) is 18.4 Å². The van der Waals surface area contributed by atoms with Gasteiger partial charge in [0.25, 0.3) is 0 Å². The molecule has 8 heteroatoms. The molecule has 8 nitrogen and oxygen atoms in total. The molecule has 0 saturated heterocycles. The second-order valence-electron chi connectivity index (χ2n) is 6.41. The maximum atomic E-state index is 13.5. The quantitative estimate of drug-likeness (QED) is 0.471. The van der Waals surface area contributed by atoms with Gasteiger partial charge in [-0.15, -0.1) is 0 Å². The van der Waals surface area contributed by atoms with E-state index in [1.54, 1.807) is 36.6 Å². The molecule has 0 saturated carbocycles. The number of carbonyl (C=O) groups excluding carboxylic acids is 1. The Morgan fingerprint density at radius 3 is 2.67 bits per heavy atom. The molecular weight excluding hydrogens is 386 g/mol. The predicted molar refractivity (Wildman–Crippen MR) is 108 cm³/mol. The molecule has 0 spiro atoms. The van der Waals surface area contributed by atoms with Crippen LogP contribution in [0.25, 0.3) is 17.0 Å². The standard InChI is InChI=1S/C22H19N3O5/c1-28-20-10-15(8-16(11-26)22(20)29-2)21(27)17-9-14(19-4-3-7-30-19)5-6-18(17)25-13-23-12-24-25/h3-10,12-13,26H,11H2,1-2H3. The monoisotopic (exact) mass is 405 g/mol. The van der Waals surface area contributed by atoms with Crippen molar-refractivity contribution < 1.29 is 23.8 Å². The number of nitrogens with zero attached hydrogens (tertiary/aromatic N) is 3. The first-order valence-electron chi connectivity index (χ1n) is 9.09. The van der Waals surface area contributed by atoms with E-state index in [-0.39, 0.29) is 12.4 Å². The minimum Gasteiger partial charge on any atom is -0.493 e. The third-order valence-electron chi connectivity index (χ3n) is 4.70. The fraction of sp³-hybridized carbons (Fsp3) is 0.136. The molecule has 2 aromatic heterocycles. The Morgan fingerprint density at radius 2 is 2.03 bits per heavy atom. The summed E-state index contributed by atoms with van der Waals surface area (Å²) in [6, 6.07) is 12.2. The van der Waals surface area contributed by atoms with Crippen molar-refractivity contribution in [2.75, 3.05) is 14.2 Å². The molecule has 0 aliphatic carbocycles. The van der Waals surface area contributed by atoms with Crippen LogP contribution in [0.15, 0.2) is 65.8 Å². The molecule has 152 valence electrons. The molecule has 0 bridgehead atoms. The first kappa shape index (κ1) is 19.4. The number of carbonyl (C=O) groups is 1. The van der Waals surface area contributed by atoms with Crippen LogP contribution < -0.4 is 9.47 Å². The van der Waals surface area contributed by atoms with E-state index >= 15 is 0 Å².